The molecule has 2 aromatic carbocycles. The molecule has 1 aromatic heterocycles. The number of aliphatic hydroxyl groups is 3. The Balaban J connectivity index is 1.61. The first-order chi connectivity index (χ1) is 18.5. The predicted molar refractivity (Wildman–Crippen MR) is 135 cm³/mol. The largest absolute Gasteiger partial charge is 0.464 e. The topological polar surface area (TPSA) is 162 Å². The molecule has 0 bridgehead atoms. The van der Waals surface area contributed by atoms with Crippen molar-refractivity contribution < 1.29 is 53.1 Å². The fourth-order valence-electron chi connectivity index (χ4n) is 4.35. The summed E-state index contributed by atoms with van der Waals surface area (Å²) in [6, 6.07) is 10.4. The van der Waals surface area contributed by atoms with Crippen LogP contribution in [0.15, 0.2) is 47.1 Å². The van der Waals surface area contributed by atoms with Gasteiger partial charge in [0.25, 0.3) is 0 Å². The number of benzene rings is 2. The molecule has 1 aliphatic heterocycles. The maximum atomic E-state index is 13.5. The van der Waals surface area contributed by atoms with Crippen molar-refractivity contribution in [3.05, 3.63) is 59.4 Å². The first kappa shape index (κ1) is 28.2. The van der Waals surface area contributed by atoms with E-state index in [1.54, 1.807) is 13.2 Å². The average molecular weight is 543 g/mol. The Hall–Kier alpha value is -3.77. The highest BCUT2D eigenvalue weighted by Crippen LogP contribution is 2.35. The molecule has 0 spiro atoms. The van der Waals surface area contributed by atoms with Crippen LogP contribution in [0.25, 0.3) is 11.0 Å². The van der Waals surface area contributed by atoms with Gasteiger partial charge in [0, 0.05) is 25.7 Å². The van der Waals surface area contributed by atoms with E-state index in [0.29, 0.717) is 12.0 Å². The highest BCUT2D eigenvalue weighted by Gasteiger charge is 2.45. The molecule has 0 aliphatic carbocycles. The minimum absolute atomic E-state index is 0.0293. The maximum Gasteiger partial charge on any atom is 0.308 e. The number of ether oxygens (including phenoxy) is 4. The lowest BCUT2D eigenvalue weighted by Crippen LogP contribution is -2.60. The summed E-state index contributed by atoms with van der Waals surface area (Å²) in [4.78, 5) is 36.6. The number of ketones is 1. The standard InChI is InChI=1S/C28H30O11/c1-14-10-21(37-16(3)30)24(19(31)6-4-17-5-7-20-18(12-17)8-9-35-20)22(11-14)38-28-27(34)26(33)25(32)23(39-28)13-36-15(2)29/h5,7-12,23,25-28,32-34H,4,6,13H2,1-3H3/t23-,25-,26+,27-,28-/m1/s1. The van der Waals surface area contributed by atoms with Gasteiger partial charge in [0.1, 0.15) is 53.7 Å². The Morgan fingerprint density at radius 1 is 0.923 bits per heavy atom. The molecule has 3 N–H and O–H groups in total. The highest BCUT2D eigenvalue weighted by atomic mass is 16.7. The molecule has 5 atom stereocenters. The molecule has 11 heteroatoms. The zero-order valence-electron chi connectivity index (χ0n) is 21.7. The molecule has 0 unspecified atom stereocenters. The first-order valence-electron chi connectivity index (χ1n) is 12.4. The third kappa shape index (κ3) is 6.63. The predicted octanol–water partition coefficient (Wildman–Crippen LogP) is 2.23. The van der Waals surface area contributed by atoms with Gasteiger partial charge in [0.2, 0.25) is 6.29 Å². The van der Waals surface area contributed by atoms with E-state index in [9.17, 15) is 29.7 Å². The van der Waals surface area contributed by atoms with Crippen LogP contribution < -0.4 is 9.47 Å². The van der Waals surface area contributed by atoms with Gasteiger partial charge >= 0.3 is 11.9 Å². The number of aliphatic hydroxyl groups excluding tert-OH is 3. The summed E-state index contributed by atoms with van der Waals surface area (Å²) < 4.78 is 27.0. The quantitative estimate of drug-likeness (QED) is 0.206. The summed E-state index contributed by atoms with van der Waals surface area (Å²) in [6.45, 7) is 3.65. The number of carbonyl (C=O) groups excluding carboxylic acids is 3. The number of rotatable bonds is 9. The minimum Gasteiger partial charge on any atom is -0.464 e. The number of aryl methyl sites for hydroxylation is 2. The fraction of sp³-hybridized carbons (Fsp3) is 0.393. The summed E-state index contributed by atoms with van der Waals surface area (Å²) in [6.07, 6.45) is -5.77. The smallest absolute Gasteiger partial charge is 0.308 e. The maximum absolute atomic E-state index is 13.5. The summed E-state index contributed by atoms with van der Waals surface area (Å²) in [5.41, 5.74) is 2.14. The summed E-state index contributed by atoms with van der Waals surface area (Å²) in [7, 11) is 0. The first-order valence-corrected chi connectivity index (χ1v) is 12.4. The fourth-order valence-corrected chi connectivity index (χ4v) is 4.35. The molecule has 1 fully saturated rings. The molecular formula is C28H30O11. The second-order valence-electron chi connectivity index (χ2n) is 9.38. The Morgan fingerprint density at radius 2 is 1.67 bits per heavy atom. The van der Waals surface area contributed by atoms with E-state index < -0.39 is 55.0 Å². The Morgan fingerprint density at radius 3 is 2.38 bits per heavy atom. The van der Waals surface area contributed by atoms with Crippen molar-refractivity contribution in [2.24, 2.45) is 0 Å². The number of fused-ring (bicyclic) bond motifs is 1. The van der Waals surface area contributed by atoms with Gasteiger partial charge in [0.05, 0.1) is 6.26 Å². The van der Waals surface area contributed by atoms with Gasteiger partial charge in [-0.05, 0) is 54.8 Å². The third-order valence-corrected chi connectivity index (χ3v) is 6.26. The van der Waals surface area contributed by atoms with Crippen molar-refractivity contribution in [2.45, 2.75) is 64.3 Å². The van der Waals surface area contributed by atoms with E-state index in [0.717, 1.165) is 16.5 Å². The van der Waals surface area contributed by atoms with E-state index in [1.807, 2.05) is 24.3 Å². The van der Waals surface area contributed by atoms with E-state index >= 15 is 0 Å². The van der Waals surface area contributed by atoms with Crippen molar-refractivity contribution in [3.8, 4) is 11.5 Å². The third-order valence-electron chi connectivity index (χ3n) is 6.26. The van der Waals surface area contributed by atoms with E-state index in [1.165, 1.54) is 26.0 Å². The molecule has 0 radical (unpaired) electrons. The normalized spacial score (nSPS) is 22.9. The van der Waals surface area contributed by atoms with Gasteiger partial charge in [-0.15, -0.1) is 0 Å². The van der Waals surface area contributed by atoms with Crippen molar-refractivity contribution in [1.82, 2.24) is 0 Å². The van der Waals surface area contributed by atoms with E-state index in [2.05, 4.69) is 0 Å². The second kappa shape index (κ2) is 12.0. The van der Waals surface area contributed by atoms with E-state index in [-0.39, 0.29) is 23.5 Å². The Kier molecular flexibility index (Phi) is 8.66. The summed E-state index contributed by atoms with van der Waals surface area (Å²) in [5, 5.41) is 32.1. The number of esters is 2. The van der Waals surface area contributed by atoms with Crippen molar-refractivity contribution in [3.63, 3.8) is 0 Å². The van der Waals surface area contributed by atoms with Crippen LogP contribution in [0.1, 0.15) is 41.8 Å². The summed E-state index contributed by atoms with van der Waals surface area (Å²) in [5.74, 6) is -1.78. The van der Waals surface area contributed by atoms with Crippen LogP contribution in [0.3, 0.4) is 0 Å². The zero-order valence-corrected chi connectivity index (χ0v) is 21.7. The number of hydrogen-bond donors (Lipinski definition) is 3. The van der Waals surface area contributed by atoms with Crippen molar-refractivity contribution in [2.75, 3.05) is 6.61 Å². The lowest BCUT2D eigenvalue weighted by atomic mass is 9.98. The number of furan rings is 1. The molecule has 4 rings (SSSR count). The SMILES string of the molecule is CC(=O)OC[C@H]1O[C@@H](Oc2cc(C)cc(OC(C)=O)c2C(=O)CCc2ccc3occc3c2)[C@H](O)[C@@H](O)[C@@H]1O. The lowest BCUT2D eigenvalue weighted by Gasteiger charge is -2.40. The lowest BCUT2D eigenvalue weighted by molar-refractivity contribution is -0.278. The zero-order chi connectivity index (χ0) is 28.3. The van der Waals surface area contributed by atoms with Gasteiger partial charge in [-0.1, -0.05) is 6.07 Å². The van der Waals surface area contributed by atoms with Crippen LogP contribution >= 0.6 is 0 Å². The molecule has 208 valence electrons. The van der Waals surface area contributed by atoms with Gasteiger partial charge in [0.15, 0.2) is 5.78 Å². The van der Waals surface area contributed by atoms with Crippen LogP contribution in [0.4, 0.5) is 0 Å². The number of carbonyl (C=O) groups is 3. The van der Waals surface area contributed by atoms with Gasteiger partial charge in [-0.2, -0.15) is 0 Å². The van der Waals surface area contributed by atoms with Crippen LogP contribution in [-0.4, -0.2) is 70.4 Å². The van der Waals surface area contributed by atoms with Crippen LogP contribution in [0.5, 0.6) is 11.5 Å². The number of hydrogen-bond acceptors (Lipinski definition) is 11. The summed E-state index contributed by atoms with van der Waals surface area (Å²) >= 11 is 0. The molecule has 1 saturated heterocycles. The monoisotopic (exact) mass is 542 g/mol. The van der Waals surface area contributed by atoms with Crippen LogP contribution in [0, 0.1) is 6.92 Å². The highest BCUT2D eigenvalue weighted by molar-refractivity contribution is 6.02. The second-order valence-corrected chi connectivity index (χ2v) is 9.38. The molecule has 0 saturated carbocycles. The van der Waals surface area contributed by atoms with Crippen molar-refractivity contribution in [1.29, 1.82) is 0 Å². The molecule has 3 aromatic rings. The molecule has 39 heavy (non-hydrogen) atoms. The van der Waals surface area contributed by atoms with Gasteiger partial charge < -0.3 is 38.7 Å². The molecule has 0 amide bonds. The van der Waals surface area contributed by atoms with Gasteiger partial charge in [-0.25, -0.2) is 0 Å². The van der Waals surface area contributed by atoms with E-state index in [4.69, 9.17) is 23.4 Å². The van der Waals surface area contributed by atoms with Crippen LogP contribution in [-0.2, 0) is 25.5 Å². The molecule has 11 nitrogen and oxygen atoms in total. The van der Waals surface area contributed by atoms with Crippen molar-refractivity contribution >= 4 is 28.7 Å². The minimum atomic E-state index is -1.71. The molecular weight excluding hydrogens is 512 g/mol. The van der Waals surface area contributed by atoms with Crippen LogP contribution in [0.2, 0.25) is 0 Å². The Labute approximate surface area is 223 Å². The molecule has 2 heterocycles. The van der Waals surface area contributed by atoms with Gasteiger partial charge in [-0.3, -0.25) is 14.4 Å². The Bertz CT molecular complexity index is 1360. The number of Topliss-reactive ketones (excluding diaryl/α,β-unsaturated/α-hetero) is 1. The average Bonchev–Trinajstić information content (AvgIpc) is 3.34. The molecule has 1 aliphatic rings.